The Morgan fingerprint density at radius 1 is 1.30 bits per heavy atom. The van der Waals surface area contributed by atoms with E-state index >= 15 is 0 Å². The Kier molecular flexibility index (Phi) is 7.50. The van der Waals surface area contributed by atoms with Crippen molar-refractivity contribution in [3.8, 4) is 0 Å². The van der Waals surface area contributed by atoms with E-state index in [0.29, 0.717) is 6.08 Å². The van der Waals surface area contributed by atoms with Crippen LogP contribution in [0.2, 0.25) is 0 Å². The van der Waals surface area contributed by atoms with Crippen molar-refractivity contribution in [2.75, 3.05) is 0 Å². The Balaban J connectivity index is 0. The van der Waals surface area contributed by atoms with E-state index < -0.39 is 18.4 Å². The van der Waals surface area contributed by atoms with E-state index in [9.17, 15) is 19.8 Å². The number of carbonyl (C=O) groups is 2. The van der Waals surface area contributed by atoms with E-state index in [1.165, 1.54) is 0 Å². The predicted molar refractivity (Wildman–Crippen MR) is 23.8 cm³/mol. The molecule has 0 aromatic heterocycles. The van der Waals surface area contributed by atoms with Crippen molar-refractivity contribution in [2.45, 2.75) is 6.42 Å². The second kappa shape index (κ2) is 6.30. The van der Waals surface area contributed by atoms with E-state index in [0.717, 1.165) is 6.08 Å². The smallest absolute Gasteiger partial charge is 0.550 e. The minimum atomic E-state index is -1.41. The van der Waals surface area contributed by atoms with E-state index in [4.69, 9.17) is 0 Å². The monoisotopic (exact) mass is 186 g/mol. The van der Waals surface area contributed by atoms with Crippen LogP contribution < -0.4 is 10.2 Å². The Morgan fingerprint density at radius 3 is 2.10 bits per heavy atom. The molecule has 0 rings (SSSR count). The molecule has 0 atom stereocenters. The maximum Gasteiger partial charge on any atom is 2.00 e. The van der Waals surface area contributed by atoms with Crippen LogP contribution in [0.15, 0.2) is 12.2 Å². The molecule has 0 amide bonds. The molecule has 0 aliphatic heterocycles. The molecule has 0 N–H and O–H groups in total. The minimum absolute atomic E-state index is 0. The van der Waals surface area contributed by atoms with Crippen LogP contribution in [0.5, 0.6) is 0 Å². The van der Waals surface area contributed by atoms with Crippen molar-refractivity contribution in [3.63, 3.8) is 0 Å². The van der Waals surface area contributed by atoms with Crippen molar-refractivity contribution in [1.29, 1.82) is 0 Å². The SMILES string of the molecule is O=C([O-])C=CCC(=O)[O-].[Ni+2]. The Morgan fingerprint density at radius 2 is 1.80 bits per heavy atom. The summed E-state index contributed by atoms with van der Waals surface area (Å²) in [6.07, 6.45) is 1.20. The molecule has 0 unspecified atom stereocenters. The summed E-state index contributed by atoms with van der Waals surface area (Å²) in [5.74, 6) is -2.72. The van der Waals surface area contributed by atoms with Crippen molar-refractivity contribution in [1.82, 2.24) is 0 Å². The molecule has 0 fully saturated rings. The van der Waals surface area contributed by atoms with Crippen molar-refractivity contribution < 1.29 is 36.3 Å². The first-order valence-corrected chi connectivity index (χ1v) is 2.20. The van der Waals surface area contributed by atoms with Gasteiger partial charge in [0.2, 0.25) is 0 Å². The summed E-state index contributed by atoms with van der Waals surface area (Å²) in [6, 6.07) is 0. The molecule has 0 spiro atoms. The summed E-state index contributed by atoms with van der Waals surface area (Å²) >= 11 is 0. The average Bonchev–Trinajstić information content (AvgIpc) is 1.63. The maximum atomic E-state index is 9.61. The summed E-state index contributed by atoms with van der Waals surface area (Å²) < 4.78 is 0. The van der Waals surface area contributed by atoms with E-state index in [2.05, 4.69) is 0 Å². The molecule has 0 radical (unpaired) electrons. The minimum Gasteiger partial charge on any atom is -0.550 e. The van der Waals surface area contributed by atoms with Gasteiger partial charge in [0, 0.05) is 12.4 Å². The van der Waals surface area contributed by atoms with E-state index in [-0.39, 0.29) is 16.5 Å². The molecule has 5 heteroatoms. The first kappa shape index (κ1) is 11.9. The van der Waals surface area contributed by atoms with Gasteiger partial charge in [-0.05, 0) is 6.08 Å². The van der Waals surface area contributed by atoms with Gasteiger partial charge in [-0.25, -0.2) is 0 Å². The number of aliphatic carboxylic acids is 2. The predicted octanol–water partition coefficient (Wildman–Crippen LogP) is -2.57. The van der Waals surface area contributed by atoms with Crippen LogP contribution >= 0.6 is 0 Å². The molecule has 0 saturated heterocycles. The van der Waals surface area contributed by atoms with Crippen LogP contribution in [0.25, 0.3) is 0 Å². The number of carboxylic acids is 2. The largest absolute Gasteiger partial charge is 2.00 e. The number of carbonyl (C=O) groups excluding carboxylic acids is 2. The fraction of sp³-hybridized carbons (Fsp3) is 0.200. The van der Waals surface area contributed by atoms with Crippen LogP contribution in [-0.2, 0) is 26.1 Å². The van der Waals surface area contributed by atoms with Crippen molar-refractivity contribution in [2.24, 2.45) is 0 Å². The van der Waals surface area contributed by atoms with Gasteiger partial charge in [-0.1, -0.05) is 6.08 Å². The van der Waals surface area contributed by atoms with Gasteiger partial charge in [-0.2, -0.15) is 0 Å². The van der Waals surface area contributed by atoms with Gasteiger partial charge in [-0.3, -0.25) is 0 Å². The van der Waals surface area contributed by atoms with Crippen LogP contribution in [0.4, 0.5) is 0 Å². The number of rotatable bonds is 3. The molecular formula is C5H4NiO4. The zero-order valence-electron chi connectivity index (χ0n) is 4.81. The van der Waals surface area contributed by atoms with Gasteiger partial charge in [0.1, 0.15) is 0 Å². The topological polar surface area (TPSA) is 80.3 Å². The summed E-state index contributed by atoms with van der Waals surface area (Å²) in [5, 5.41) is 19.2. The normalized spacial score (nSPS) is 8.80. The Hall–Kier alpha value is -0.826. The molecule has 0 saturated carbocycles. The first-order chi connectivity index (χ1) is 4.13. The van der Waals surface area contributed by atoms with Crippen LogP contribution in [0.3, 0.4) is 0 Å². The number of carboxylic acid groups (broad SMARTS) is 2. The fourth-order valence-electron chi connectivity index (χ4n) is 0.251. The molecule has 4 nitrogen and oxygen atoms in total. The average molecular weight is 187 g/mol. The second-order valence-electron chi connectivity index (χ2n) is 1.30. The molecule has 10 heavy (non-hydrogen) atoms. The van der Waals surface area contributed by atoms with Crippen LogP contribution in [0, 0.1) is 0 Å². The first-order valence-electron chi connectivity index (χ1n) is 2.20. The summed E-state index contributed by atoms with van der Waals surface area (Å²) in [6.45, 7) is 0. The Labute approximate surface area is 67.5 Å². The molecule has 58 valence electrons. The zero-order chi connectivity index (χ0) is 7.28. The standard InChI is InChI=1S/C5H6O4.Ni/c6-4(7)2-1-3-5(8)9;/h1-2H,3H2,(H,6,7)(H,8,9);/q;+2/p-2. The van der Waals surface area contributed by atoms with Gasteiger partial charge in [0.25, 0.3) is 0 Å². The third kappa shape index (κ3) is 10.2. The zero-order valence-corrected chi connectivity index (χ0v) is 5.80. The Bertz CT molecular complexity index is 152. The fourth-order valence-corrected chi connectivity index (χ4v) is 0.251. The van der Waals surface area contributed by atoms with E-state index in [1.54, 1.807) is 0 Å². The van der Waals surface area contributed by atoms with Gasteiger partial charge in [-0.15, -0.1) is 0 Å². The molecule has 0 aliphatic carbocycles. The molecule has 0 aliphatic rings. The molecule has 0 aromatic rings. The molecular weight excluding hydrogens is 183 g/mol. The van der Waals surface area contributed by atoms with Crippen LogP contribution in [-0.4, -0.2) is 11.9 Å². The number of hydrogen-bond donors (Lipinski definition) is 0. The van der Waals surface area contributed by atoms with Crippen molar-refractivity contribution in [3.05, 3.63) is 12.2 Å². The molecule has 0 aromatic carbocycles. The van der Waals surface area contributed by atoms with Gasteiger partial charge < -0.3 is 19.8 Å². The van der Waals surface area contributed by atoms with E-state index in [1.807, 2.05) is 0 Å². The molecule has 0 heterocycles. The summed E-state index contributed by atoms with van der Waals surface area (Å²) in [7, 11) is 0. The van der Waals surface area contributed by atoms with Gasteiger partial charge >= 0.3 is 16.5 Å². The second-order valence-corrected chi connectivity index (χ2v) is 1.30. The summed E-state index contributed by atoms with van der Waals surface area (Å²) in [4.78, 5) is 19.2. The number of hydrogen-bond acceptors (Lipinski definition) is 4. The van der Waals surface area contributed by atoms with Crippen LogP contribution in [0.1, 0.15) is 6.42 Å². The summed E-state index contributed by atoms with van der Waals surface area (Å²) in [5.41, 5.74) is 0. The third-order valence-corrected chi connectivity index (χ3v) is 0.538. The maximum absolute atomic E-state index is 9.61. The quantitative estimate of drug-likeness (QED) is 0.359. The van der Waals surface area contributed by atoms with Crippen molar-refractivity contribution >= 4 is 11.9 Å². The van der Waals surface area contributed by atoms with Gasteiger partial charge in [0.05, 0.1) is 5.97 Å². The third-order valence-electron chi connectivity index (χ3n) is 0.538. The molecule has 0 bridgehead atoms. The van der Waals surface area contributed by atoms with Gasteiger partial charge in [0.15, 0.2) is 0 Å².